The number of halogens is 2. The third-order valence-electron chi connectivity index (χ3n) is 2.37. The van der Waals surface area contributed by atoms with E-state index in [1.807, 2.05) is 13.8 Å². The summed E-state index contributed by atoms with van der Waals surface area (Å²) in [6, 6.07) is 4.53. The Kier molecular flexibility index (Phi) is 4.48. The van der Waals surface area contributed by atoms with Gasteiger partial charge in [-0.2, -0.15) is 0 Å². The summed E-state index contributed by atoms with van der Waals surface area (Å²) < 4.78 is 12.9. The van der Waals surface area contributed by atoms with Crippen molar-refractivity contribution < 1.29 is 9.18 Å². The van der Waals surface area contributed by atoms with E-state index in [2.05, 4.69) is 5.32 Å². The zero-order valence-electron chi connectivity index (χ0n) is 9.89. The second kappa shape index (κ2) is 5.47. The molecular weight excluding hydrogens is 243 g/mol. The highest BCUT2D eigenvalue weighted by Gasteiger charge is 2.19. The highest BCUT2D eigenvalue weighted by molar-refractivity contribution is 6.30. The van der Waals surface area contributed by atoms with Gasteiger partial charge in [-0.3, -0.25) is 4.79 Å². The van der Waals surface area contributed by atoms with Crippen LogP contribution in [0.25, 0.3) is 0 Å². The van der Waals surface area contributed by atoms with Crippen molar-refractivity contribution in [3.63, 3.8) is 0 Å². The number of benzene rings is 1. The van der Waals surface area contributed by atoms with Gasteiger partial charge in [-0.1, -0.05) is 17.7 Å². The first-order chi connectivity index (χ1) is 7.80. The molecule has 0 saturated carbocycles. The van der Waals surface area contributed by atoms with Crippen LogP contribution in [0.2, 0.25) is 5.02 Å². The first-order valence-corrected chi connectivity index (χ1v) is 5.65. The van der Waals surface area contributed by atoms with E-state index in [0.717, 1.165) is 5.56 Å². The first-order valence-electron chi connectivity index (χ1n) is 5.27. The molecule has 0 heterocycles. The molecule has 0 bridgehead atoms. The normalized spacial score (nSPS) is 11.5. The predicted molar refractivity (Wildman–Crippen MR) is 66.1 cm³/mol. The van der Waals surface area contributed by atoms with Gasteiger partial charge < -0.3 is 11.1 Å². The van der Waals surface area contributed by atoms with E-state index in [9.17, 15) is 9.18 Å². The molecular formula is C12H16ClFN2O. The number of hydrogen-bond donors (Lipinski definition) is 2. The first kappa shape index (κ1) is 13.9. The largest absolute Gasteiger partial charge is 0.370 e. The molecule has 1 aromatic carbocycles. The van der Waals surface area contributed by atoms with Crippen LogP contribution >= 0.6 is 11.6 Å². The van der Waals surface area contributed by atoms with Gasteiger partial charge in [-0.15, -0.1) is 0 Å². The van der Waals surface area contributed by atoms with Crippen LogP contribution in [0.3, 0.4) is 0 Å². The molecule has 0 spiro atoms. The molecule has 1 amide bonds. The average Bonchev–Trinajstić information content (AvgIpc) is 2.18. The summed E-state index contributed by atoms with van der Waals surface area (Å²) in [6.07, 6.45) is 0.238. The SMILES string of the molecule is CC(C)(CC(N)=O)NCc1ccc(F)c(Cl)c1. The van der Waals surface area contributed by atoms with Crippen LogP contribution in [-0.4, -0.2) is 11.4 Å². The van der Waals surface area contributed by atoms with E-state index in [-0.39, 0.29) is 17.4 Å². The Labute approximate surface area is 105 Å². The minimum atomic E-state index is -0.438. The zero-order chi connectivity index (χ0) is 13.1. The summed E-state index contributed by atoms with van der Waals surface area (Å²) in [5, 5.41) is 3.27. The van der Waals surface area contributed by atoms with Crippen LogP contribution in [-0.2, 0) is 11.3 Å². The maximum Gasteiger partial charge on any atom is 0.219 e. The van der Waals surface area contributed by atoms with E-state index < -0.39 is 11.4 Å². The monoisotopic (exact) mass is 258 g/mol. The van der Waals surface area contributed by atoms with Gasteiger partial charge in [-0.25, -0.2) is 4.39 Å². The molecule has 17 heavy (non-hydrogen) atoms. The molecule has 0 aliphatic carbocycles. The van der Waals surface area contributed by atoms with Crippen LogP contribution in [0, 0.1) is 5.82 Å². The number of primary amides is 1. The van der Waals surface area contributed by atoms with Crippen LogP contribution in [0.5, 0.6) is 0 Å². The predicted octanol–water partition coefficient (Wildman–Crippen LogP) is 2.22. The Morgan fingerprint density at radius 3 is 2.71 bits per heavy atom. The van der Waals surface area contributed by atoms with Gasteiger partial charge in [0, 0.05) is 18.5 Å². The number of amides is 1. The van der Waals surface area contributed by atoms with Gasteiger partial charge >= 0.3 is 0 Å². The Morgan fingerprint density at radius 2 is 2.18 bits per heavy atom. The molecule has 3 nitrogen and oxygen atoms in total. The fourth-order valence-electron chi connectivity index (χ4n) is 1.49. The summed E-state index contributed by atoms with van der Waals surface area (Å²) in [5.41, 5.74) is 5.60. The Balaban J connectivity index is 2.60. The maximum atomic E-state index is 12.9. The van der Waals surface area contributed by atoms with Gasteiger partial charge in [0.2, 0.25) is 5.91 Å². The molecule has 0 fully saturated rings. The smallest absolute Gasteiger partial charge is 0.219 e. The van der Waals surface area contributed by atoms with Gasteiger partial charge in [0.05, 0.1) is 5.02 Å². The molecule has 0 aliphatic rings. The van der Waals surface area contributed by atoms with Crippen LogP contribution in [0.1, 0.15) is 25.8 Å². The van der Waals surface area contributed by atoms with Crippen LogP contribution in [0.4, 0.5) is 4.39 Å². The molecule has 0 aliphatic heterocycles. The van der Waals surface area contributed by atoms with Crippen LogP contribution in [0.15, 0.2) is 18.2 Å². The van der Waals surface area contributed by atoms with Gasteiger partial charge in [0.25, 0.3) is 0 Å². The summed E-state index contributed by atoms with van der Waals surface area (Å²) >= 11 is 5.67. The van der Waals surface area contributed by atoms with Crippen molar-refractivity contribution in [3.8, 4) is 0 Å². The van der Waals surface area contributed by atoms with Crippen molar-refractivity contribution in [1.82, 2.24) is 5.32 Å². The quantitative estimate of drug-likeness (QED) is 0.851. The third kappa shape index (κ3) is 4.71. The highest BCUT2D eigenvalue weighted by atomic mass is 35.5. The molecule has 0 radical (unpaired) electrons. The van der Waals surface area contributed by atoms with E-state index in [1.165, 1.54) is 6.07 Å². The van der Waals surface area contributed by atoms with E-state index in [1.54, 1.807) is 12.1 Å². The van der Waals surface area contributed by atoms with Gasteiger partial charge in [0.1, 0.15) is 5.82 Å². The number of nitrogens with two attached hydrogens (primary N) is 1. The zero-order valence-corrected chi connectivity index (χ0v) is 10.6. The molecule has 5 heteroatoms. The molecule has 0 saturated heterocycles. The average molecular weight is 259 g/mol. The van der Waals surface area contributed by atoms with Gasteiger partial charge in [-0.05, 0) is 31.5 Å². The number of hydrogen-bond acceptors (Lipinski definition) is 2. The van der Waals surface area contributed by atoms with Crippen molar-refractivity contribution in [2.75, 3.05) is 0 Å². The lowest BCUT2D eigenvalue weighted by atomic mass is 10.00. The highest BCUT2D eigenvalue weighted by Crippen LogP contribution is 2.17. The van der Waals surface area contributed by atoms with Crippen molar-refractivity contribution in [2.24, 2.45) is 5.73 Å². The summed E-state index contributed by atoms with van der Waals surface area (Å²) in [5.74, 6) is -0.800. The maximum absolute atomic E-state index is 12.9. The van der Waals surface area contributed by atoms with Crippen molar-refractivity contribution in [2.45, 2.75) is 32.4 Å². The van der Waals surface area contributed by atoms with Gasteiger partial charge in [0.15, 0.2) is 0 Å². The third-order valence-corrected chi connectivity index (χ3v) is 2.66. The molecule has 94 valence electrons. The van der Waals surface area contributed by atoms with E-state index in [4.69, 9.17) is 17.3 Å². The van der Waals surface area contributed by atoms with Crippen LogP contribution < -0.4 is 11.1 Å². The summed E-state index contributed by atoms with van der Waals surface area (Å²) in [4.78, 5) is 10.8. The van der Waals surface area contributed by atoms with E-state index >= 15 is 0 Å². The molecule has 1 aromatic rings. The molecule has 1 rings (SSSR count). The molecule has 3 N–H and O–H groups in total. The minimum absolute atomic E-state index is 0.0945. The summed E-state index contributed by atoms with van der Waals surface area (Å²) in [7, 11) is 0. The Bertz CT molecular complexity index is 421. The number of carbonyl (C=O) groups is 1. The fraction of sp³-hybridized carbons (Fsp3) is 0.417. The second-order valence-electron chi connectivity index (χ2n) is 4.63. The lowest BCUT2D eigenvalue weighted by Gasteiger charge is -2.24. The summed E-state index contributed by atoms with van der Waals surface area (Å²) in [6.45, 7) is 4.26. The standard InChI is InChI=1S/C12H16ClFN2O/c1-12(2,6-11(15)17)16-7-8-3-4-10(14)9(13)5-8/h3-5,16H,6-7H2,1-2H3,(H2,15,17). The van der Waals surface area contributed by atoms with E-state index in [0.29, 0.717) is 6.54 Å². The lowest BCUT2D eigenvalue weighted by Crippen LogP contribution is -2.42. The number of nitrogens with one attached hydrogen (secondary N) is 1. The van der Waals surface area contributed by atoms with Crippen molar-refractivity contribution in [1.29, 1.82) is 0 Å². The number of rotatable bonds is 5. The van der Waals surface area contributed by atoms with Crippen molar-refractivity contribution in [3.05, 3.63) is 34.6 Å². The Hall–Kier alpha value is -1.13. The molecule has 0 aromatic heterocycles. The molecule has 0 atom stereocenters. The lowest BCUT2D eigenvalue weighted by molar-refractivity contribution is -0.119. The number of carbonyl (C=O) groups excluding carboxylic acids is 1. The minimum Gasteiger partial charge on any atom is -0.370 e. The Morgan fingerprint density at radius 1 is 1.53 bits per heavy atom. The van der Waals surface area contributed by atoms with Crippen molar-refractivity contribution >= 4 is 17.5 Å². The molecule has 0 unspecified atom stereocenters. The fourth-order valence-corrected chi connectivity index (χ4v) is 1.69. The topological polar surface area (TPSA) is 55.1 Å². The second-order valence-corrected chi connectivity index (χ2v) is 5.04.